The van der Waals surface area contributed by atoms with Crippen LogP contribution in [-0.2, 0) is 16.0 Å². The lowest BCUT2D eigenvalue weighted by Gasteiger charge is -2.37. The third-order valence-electron chi connectivity index (χ3n) is 4.86. The first-order chi connectivity index (χ1) is 12.0. The van der Waals surface area contributed by atoms with Crippen LogP contribution in [0.4, 0.5) is 4.79 Å². The van der Waals surface area contributed by atoms with Crippen LogP contribution in [0.5, 0.6) is 0 Å². The van der Waals surface area contributed by atoms with Gasteiger partial charge in [0.1, 0.15) is 13.1 Å². The summed E-state index contributed by atoms with van der Waals surface area (Å²) in [6.07, 6.45) is 0.971. The summed E-state index contributed by atoms with van der Waals surface area (Å²) in [5.74, 6) is -0.511. The summed E-state index contributed by atoms with van der Waals surface area (Å²) >= 11 is 0. The van der Waals surface area contributed by atoms with Crippen LogP contribution in [0.2, 0.25) is 0 Å². The molecule has 7 heteroatoms. The summed E-state index contributed by atoms with van der Waals surface area (Å²) in [6.45, 7) is 3.89. The van der Waals surface area contributed by atoms with Gasteiger partial charge in [0.15, 0.2) is 0 Å². The Morgan fingerprint density at radius 2 is 1.96 bits per heavy atom. The number of nitrogens with zero attached hydrogens (tertiary/aromatic N) is 3. The molecular formula is C18H24N4O3. The number of piperazine rings is 1. The van der Waals surface area contributed by atoms with E-state index >= 15 is 0 Å². The van der Waals surface area contributed by atoms with E-state index < -0.39 is 6.03 Å². The van der Waals surface area contributed by atoms with Crippen LogP contribution in [0, 0.1) is 0 Å². The summed E-state index contributed by atoms with van der Waals surface area (Å²) < 4.78 is 0. The molecule has 25 heavy (non-hydrogen) atoms. The maximum atomic E-state index is 12.8. The molecule has 7 nitrogen and oxygen atoms in total. The number of benzene rings is 1. The summed E-state index contributed by atoms with van der Waals surface area (Å²) in [6, 6.07) is 7.77. The predicted octanol–water partition coefficient (Wildman–Crippen LogP) is 0.616. The minimum Gasteiger partial charge on any atom is -0.332 e. The Morgan fingerprint density at radius 1 is 1.24 bits per heavy atom. The summed E-state index contributed by atoms with van der Waals surface area (Å²) in [7, 11) is 1.56. The van der Waals surface area contributed by atoms with Gasteiger partial charge in [-0.1, -0.05) is 31.2 Å². The summed E-state index contributed by atoms with van der Waals surface area (Å²) in [5.41, 5.74) is 2.32. The van der Waals surface area contributed by atoms with E-state index in [1.807, 2.05) is 0 Å². The van der Waals surface area contributed by atoms with Crippen LogP contribution in [0.25, 0.3) is 0 Å². The van der Waals surface area contributed by atoms with Gasteiger partial charge in [0.05, 0.1) is 6.04 Å². The monoisotopic (exact) mass is 344 g/mol. The van der Waals surface area contributed by atoms with Crippen molar-refractivity contribution in [1.82, 2.24) is 20.0 Å². The molecule has 1 aromatic rings. The molecule has 0 bridgehead atoms. The van der Waals surface area contributed by atoms with Crippen molar-refractivity contribution in [2.24, 2.45) is 0 Å². The predicted molar refractivity (Wildman–Crippen MR) is 92.9 cm³/mol. The van der Waals surface area contributed by atoms with Crippen LogP contribution in [-0.4, -0.2) is 72.3 Å². The second-order valence-corrected chi connectivity index (χ2v) is 6.52. The fourth-order valence-corrected chi connectivity index (χ4v) is 3.33. The first kappa shape index (κ1) is 17.4. The largest absolute Gasteiger partial charge is 0.332 e. The third-order valence-corrected chi connectivity index (χ3v) is 4.86. The Kier molecular flexibility index (Phi) is 5.03. The number of rotatable bonds is 4. The molecule has 2 heterocycles. The van der Waals surface area contributed by atoms with Crippen molar-refractivity contribution in [3.8, 4) is 0 Å². The number of urea groups is 1. The van der Waals surface area contributed by atoms with Gasteiger partial charge in [0.2, 0.25) is 5.91 Å². The number of hydrogen-bond acceptors (Lipinski definition) is 4. The molecule has 3 rings (SSSR count). The lowest BCUT2D eigenvalue weighted by atomic mass is 10.0. The van der Waals surface area contributed by atoms with E-state index in [2.05, 4.69) is 36.5 Å². The van der Waals surface area contributed by atoms with Gasteiger partial charge in [-0.25, -0.2) is 4.79 Å². The van der Waals surface area contributed by atoms with Crippen molar-refractivity contribution >= 4 is 17.8 Å². The highest BCUT2D eigenvalue weighted by molar-refractivity contribution is 6.04. The average Bonchev–Trinajstić information content (AvgIpc) is 2.88. The van der Waals surface area contributed by atoms with Crippen molar-refractivity contribution < 1.29 is 14.4 Å². The van der Waals surface area contributed by atoms with E-state index in [9.17, 15) is 14.4 Å². The Balaban J connectivity index is 1.74. The Hall–Kier alpha value is -2.41. The lowest BCUT2D eigenvalue weighted by Crippen LogP contribution is -2.52. The fourth-order valence-electron chi connectivity index (χ4n) is 3.33. The molecule has 2 aliphatic rings. The van der Waals surface area contributed by atoms with Crippen molar-refractivity contribution in [2.75, 3.05) is 39.8 Å². The van der Waals surface area contributed by atoms with Gasteiger partial charge < -0.3 is 15.1 Å². The smallest absolute Gasteiger partial charge is 0.327 e. The number of carbonyl (C=O) groups excluding carboxylic acids is 3. The van der Waals surface area contributed by atoms with E-state index in [4.69, 9.17) is 0 Å². The molecule has 1 atom stereocenters. The molecule has 0 spiro atoms. The van der Waals surface area contributed by atoms with E-state index in [-0.39, 0.29) is 30.9 Å². The minimum absolute atomic E-state index is 0.0373. The first-order valence-corrected chi connectivity index (χ1v) is 8.65. The van der Waals surface area contributed by atoms with E-state index in [0.29, 0.717) is 19.6 Å². The van der Waals surface area contributed by atoms with Crippen LogP contribution in [0.1, 0.15) is 24.1 Å². The molecule has 1 N–H and O–H groups in total. The molecular weight excluding hydrogens is 320 g/mol. The van der Waals surface area contributed by atoms with Gasteiger partial charge in [-0.3, -0.25) is 14.5 Å². The Morgan fingerprint density at radius 3 is 2.56 bits per heavy atom. The van der Waals surface area contributed by atoms with Gasteiger partial charge in [-0.2, -0.15) is 0 Å². The fraction of sp³-hybridized carbons (Fsp3) is 0.500. The molecule has 0 radical (unpaired) electrons. The van der Waals surface area contributed by atoms with Gasteiger partial charge >= 0.3 is 6.03 Å². The van der Waals surface area contributed by atoms with Crippen LogP contribution < -0.4 is 5.32 Å². The van der Waals surface area contributed by atoms with Crippen molar-refractivity contribution in [1.29, 1.82) is 0 Å². The Bertz CT molecular complexity index is 673. The van der Waals surface area contributed by atoms with Crippen LogP contribution in [0.3, 0.4) is 0 Å². The normalized spacial score (nSPS) is 21.2. The molecule has 0 aliphatic carbocycles. The van der Waals surface area contributed by atoms with E-state index in [0.717, 1.165) is 16.9 Å². The molecule has 2 aliphatic heterocycles. The zero-order chi connectivity index (χ0) is 18.0. The quantitative estimate of drug-likeness (QED) is 0.813. The van der Waals surface area contributed by atoms with Gasteiger partial charge in [-0.05, 0) is 17.5 Å². The molecule has 1 unspecified atom stereocenters. The van der Waals surface area contributed by atoms with Crippen LogP contribution >= 0.6 is 0 Å². The first-order valence-electron chi connectivity index (χ1n) is 8.65. The van der Waals surface area contributed by atoms with Gasteiger partial charge in [0, 0.05) is 26.7 Å². The highest BCUT2D eigenvalue weighted by atomic mass is 16.2. The summed E-state index contributed by atoms with van der Waals surface area (Å²) in [4.78, 5) is 40.9. The average molecular weight is 344 g/mol. The van der Waals surface area contributed by atoms with E-state index in [1.54, 1.807) is 11.9 Å². The minimum atomic E-state index is -0.405. The molecule has 0 saturated carbocycles. The number of imide groups is 1. The number of likely N-dealkylation sites (N-methyl/N-ethyl adjacent to an activating group) is 1. The molecule has 1 aromatic carbocycles. The van der Waals surface area contributed by atoms with Crippen molar-refractivity contribution in [3.63, 3.8) is 0 Å². The van der Waals surface area contributed by atoms with E-state index in [1.165, 1.54) is 10.5 Å². The molecule has 2 fully saturated rings. The number of aryl methyl sites for hydroxylation is 1. The van der Waals surface area contributed by atoms with Crippen LogP contribution in [0.15, 0.2) is 24.3 Å². The van der Waals surface area contributed by atoms with Gasteiger partial charge in [0.25, 0.3) is 5.91 Å². The number of amides is 4. The molecule has 0 aromatic heterocycles. The third kappa shape index (κ3) is 3.51. The second kappa shape index (κ2) is 7.23. The number of nitrogens with one attached hydrogen (secondary N) is 1. The van der Waals surface area contributed by atoms with Crippen molar-refractivity contribution in [2.45, 2.75) is 19.4 Å². The molecule has 4 amide bonds. The second-order valence-electron chi connectivity index (χ2n) is 6.52. The molecule has 134 valence electrons. The standard InChI is InChI=1S/C18H24N4O3/c1-3-13-4-6-14(7-5-13)15-10-19-8-9-21(15)17(24)12-22-16(23)11-20(2)18(22)25/h4-7,15,19H,3,8-12H2,1-2H3. The SMILES string of the molecule is CCc1ccc(C2CNCCN2C(=O)CN2C(=O)CN(C)C2=O)cc1. The maximum absolute atomic E-state index is 12.8. The number of carbonyl (C=O) groups is 3. The zero-order valence-corrected chi connectivity index (χ0v) is 14.7. The Labute approximate surface area is 147 Å². The van der Waals surface area contributed by atoms with Crippen molar-refractivity contribution in [3.05, 3.63) is 35.4 Å². The lowest BCUT2D eigenvalue weighted by molar-refractivity contribution is -0.139. The van der Waals surface area contributed by atoms with Gasteiger partial charge in [-0.15, -0.1) is 0 Å². The zero-order valence-electron chi connectivity index (χ0n) is 14.7. The topological polar surface area (TPSA) is 73.0 Å². The maximum Gasteiger partial charge on any atom is 0.327 e. The highest BCUT2D eigenvalue weighted by Gasteiger charge is 2.37. The number of hydrogen-bond donors (Lipinski definition) is 1. The summed E-state index contributed by atoms with van der Waals surface area (Å²) in [5, 5.41) is 3.32. The highest BCUT2D eigenvalue weighted by Crippen LogP contribution is 2.23. The molecule has 2 saturated heterocycles.